The predicted octanol–water partition coefficient (Wildman–Crippen LogP) is 3.82. The topological polar surface area (TPSA) is 93.5 Å². The highest BCUT2D eigenvalue weighted by Gasteiger charge is 2.18. The van der Waals surface area contributed by atoms with Gasteiger partial charge in [-0.1, -0.05) is 0 Å². The van der Waals surface area contributed by atoms with Crippen LogP contribution in [-0.2, 0) is 4.79 Å². The van der Waals surface area contributed by atoms with Crippen molar-refractivity contribution in [1.29, 1.82) is 5.26 Å². The van der Waals surface area contributed by atoms with Crippen LogP contribution in [0.15, 0.2) is 47.8 Å². The predicted molar refractivity (Wildman–Crippen MR) is 104 cm³/mol. The van der Waals surface area contributed by atoms with Gasteiger partial charge in [0.1, 0.15) is 5.75 Å². The highest BCUT2D eigenvalue weighted by Crippen LogP contribution is 2.36. The molecule has 28 heavy (non-hydrogen) atoms. The number of nitrogens with zero attached hydrogens (tertiary/aromatic N) is 2. The van der Waals surface area contributed by atoms with Gasteiger partial charge in [-0.25, -0.2) is 4.98 Å². The van der Waals surface area contributed by atoms with Gasteiger partial charge in [-0.15, -0.1) is 11.3 Å². The molecular formula is C20H15N3O4S. The van der Waals surface area contributed by atoms with Crippen LogP contribution in [0.1, 0.15) is 12.5 Å². The number of hydrogen-bond donors (Lipinski definition) is 1. The zero-order chi connectivity index (χ0) is 19.5. The minimum absolute atomic E-state index is 0.217. The number of carbonyl (C=O) groups excluding carboxylic acids is 1. The van der Waals surface area contributed by atoms with Crippen LogP contribution in [0.4, 0.5) is 5.13 Å². The van der Waals surface area contributed by atoms with Crippen molar-refractivity contribution in [3.05, 3.63) is 53.4 Å². The van der Waals surface area contributed by atoms with Gasteiger partial charge in [0.2, 0.25) is 6.79 Å². The van der Waals surface area contributed by atoms with Crippen LogP contribution in [0.25, 0.3) is 11.3 Å². The highest BCUT2D eigenvalue weighted by atomic mass is 32.1. The van der Waals surface area contributed by atoms with Crippen LogP contribution in [0.2, 0.25) is 0 Å². The van der Waals surface area contributed by atoms with Crippen LogP contribution in [0.5, 0.6) is 17.2 Å². The number of benzene rings is 2. The lowest BCUT2D eigenvalue weighted by atomic mass is 10.1. The van der Waals surface area contributed by atoms with Crippen LogP contribution in [-0.4, -0.2) is 23.8 Å². The van der Waals surface area contributed by atoms with E-state index in [-0.39, 0.29) is 12.7 Å². The first-order valence-electron chi connectivity index (χ1n) is 8.45. The molecule has 0 radical (unpaired) electrons. The molecule has 140 valence electrons. The van der Waals surface area contributed by atoms with Crippen molar-refractivity contribution in [2.75, 3.05) is 12.1 Å². The number of aromatic nitrogens is 1. The lowest BCUT2D eigenvalue weighted by Crippen LogP contribution is -2.30. The average Bonchev–Trinajstić information content (AvgIpc) is 3.37. The third-order valence-electron chi connectivity index (χ3n) is 4.07. The van der Waals surface area contributed by atoms with Crippen molar-refractivity contribution >= 4 is 22.4 Å². The fourth-order valence-electron chi connectivity index (χ4n) is 2.59. The van der Waals surface area contributed by atoms with Crippen LogP contribution in [0.3, 0.4) is 0 Å². The molecule has 1 amide bonds. The Hall–Kier alpha value is -3.57. The molecule has 4 rings (SSSR count). The molecule has 1 aliphatic rings. The Morgan fingerprint density at radius 3 is 2.82 bits per heavy atom. The molecule has 0 bridgehead atoms. The van der Waals surface area contributed by atoms with E-state index >= 15 is 0 Å². The van der Waals surface area contributed by atoms with Crippen LogP contribution >= 0.6 is 11.3 Å². The smallest absolute Gasteiger partial charge is 0.266 e. The molecule has 1 N–H and O–H groups in total. The maximum absolute atomic E-state index is 12.4. The first-order valence-corrected chi connectivity index (χ1v) is 9.33. The molecule has 3 aromatic rings. The summed E-state index contributed by atoms with van der Waals surface area (Å²) in [5.74, 6) is 1.60. The van der Waals surface area contributed by atoms with Gasteiger partial charge in [0.05, 0.1) is 17.3 Å². The maximum Gasteiger partial charge on any atom is 0.266 e. The SMILES string of the molecule is C[C@H](Oc1ccc(C#N)cc1)C(=O)Nc1nc(-c2ccc3c(c2)OCO3)cs1. The van der Waals surface area contributed by atoms with Crippen molar-refractivity contribution < 1.29 is 19.0 Å². The fraction of sp³-hybridized carbons (Fsp3) is 0.150. The number of fused-ring (bicyclic) bond motifs is 1. The summed E-state index contributed by atoms with van der Waals surface area (Å²) in [6.45, 7) is 1.87. The van der Waals surface area contributed by atoms with Crippen molar-refractivity contribution in [3.8, 4) is 34.6 Å². The van der Waals surface area contributed by atoms with E-state index in [1.54, 1.807) is 31.2 Å². The van der Waals surface area contributed by atoms with E-state index in [1.165, 1.54) is 11.3 Å². The molecule has 2 aromatic carbocycles. The fourth-order valence-corrected chi connectivity index (χ4v) is 3.31. The summed E-state index contributed by atoms with van der Waals surface area (Å²) in [5, 5.41) is 13.9. The second kappa shape index (κ2) is 7.58. The maximum atomic E-state index is 12.4. The number of nitriles is 1. The van der Waals surface area contributed by atoms with E-state index in [1.807, 2.05) is 29.6 Å². The number of ether oxygens (including phenoxy) is 3. The number of rotatable bonds is 5. The Labute approximate surface area is 165 Å². The molecule has 1 aromatic heterocycles. The normalized spacial score (nSPS) is 12.9. The number of anilines is 1. The van der Waals surface area contributed by atoms with Crippen molar-refractivity contribution in [2.24, 2.45) is 0 Å². The van der Waals surface area contributed by atoms with Gasteiger partial charge in [-0.2, -0.15) is 5.26 Å². The Bertz CT molecular complexity index is 1060. The molecule has 1 atom stereocenters. The molecule has 0 unspecified atom stereocenters. The molecular weight excluding hydrogens is 378 g/mol. The molecule has 0 saturated heterocycles. The molecule has 0 aliphatic carbocycles. The van der Waals surface area contributed by atoms with Gasteiger partial charge in [0.25, 0.3) is 5.91 Å². The second-order valence-corrected chi connectivity index (χ2v) is 6.85. The van der Waals surface area contributed by atoms with E-state index < -0.39 is 6.10 Å². The standard InChI is InChI=1S/C20H15N3O4S/c1-12(27-15-5-2-13(9-21)3-6-15)19(24)23-20-22-16(10-28-20)14-4-7-17-18(8-14)26-11-25-17/h2-8,10,12H,11H2,1H3,(H,22,23,24)/t12-/m0/s1. The Balaban J connectivity index is 1.40. The van der Waals surface area contributed by atoms with Gasteiger partial charge in [-0.05, 0) is 49.4 Å². The Kier molecular flexibility index (Phi) is 4.83. The number of nitrogens with one attached hydrogen (secondary N) is 1. The quantitative estimate of drug-likeness (QED) is 0.708. The van der Waals surface area contributed by atoms with E-state index in [4.69, 9.17) is 19.5 Å². The van der Waals surface area contributed by atoms with Gasteiger partial charge in [-0.3, -0.25) is 10.1 Å². The molecule has 1 aliphatic heterocycles. The van der Waals surface area contributed by atoms with E-state index in [0.717, 1.165) is 11.3 Å². The Morgan fingerprint density at radius 1 is 1.25 bits per heavy atom. The van der Waals surface area contributed by atoms with E-state index in [2.05, 4.69) is 10.3 Å². The molecule has 8 heteroatoms. The number of hydrogen-bond acceptors (Lipinski definition) is 7. The summed E-state index contributed by atoms with van der Waals surface area (Å²) in [5.41, 5.74) is 2.14. The highest BCUT2D eigenvalue weighted by molar-refractivity contribution is 7.14. The number of amides is 1. The first kappa shape index (κ1) is 17.8. The summed E-state index contributed by atoms with van der Waals surface area (Å²) in [6, 6.07) is 14.2. The molecule has 0 spiro atoms. The third-order valence-corrected chi connectivity index (χ3v) is 4.83. The van der Waals surface area contributed by atoms with Gasteiger partial charge < -0.3 is 14.2 Å². The monoisotopic (exact) mass is 393 g/mol. The van der Waals surface area contributed by atoms with Crippen LogP contribution < -0.4 is 19.5 Å². The first-order chi connectivity index (χ1) is 13.6. The molecule has 0 saturated carbocycles. The summed E-state index contributed by atoms with van der Waals surface area (Å²) in [7, 11) is 0. The lowest BCUT2D eigenvalue weighted by Gasteiger charge is -2.13. The minimum atomic E-state index is -0.717. The second-order valence-electron chi connectivity index (χ2n) is 5.99. The van der Waals surface area contributed by atoms with Gasteiger partial charge in [0, 0.05) is 10.9 Å². The molecule has 7 nitrogen and oxygen atoms in total. The summed E-state index contributed by atoms with van der Waals surface area (Å²) >= 11 is 1.33. The van der Waals surface area contributed by atoms with Crippen molar-refractivity contribution in [3.63, 3.8) is 0 Å². The van der Waals surface area contributed by atoms with Gasteiger partial charge in [0.15, 0.2) is 22.7 Å². The minimum Gasteiger partial charge on any atom is -0.481 e. The lowest BCUT2D eigenvalue weighted by molar-refractivity contribution is -0.122. The Morgan fingerprint density at radius 2 is 2.04 bits per heavy atom. The van der Waals surface area contributed by atoms with Crippen molar-refractivity contribution in [2.45, 2.75) is 13.0 Å². The average molecular weight is 393 g/mol. The molecule has 0 fully saturated rings. The zero-order valence-electron chi connectivity index (χ0n) is 14.8. The zero-order valence-corrected chi connectivity index (χ0v) is 15.7. The van der Waals surface area contributed by atoms with Crippen molar-refractivity contribution in [1.82, 2.24) is 4.98 Å². The number of thiazole rings is 1. The summed E-state index contributed by atoms with van der Waals surface area (Å²) < 4.78 is 16.3. The molecule has 2 heterocycles. The number of carbonyl (C=O) groups is 1. The van der Waals surface area contributed by atoms with E-state index in [9.17, 15) is 4.79 Å². The van der Waals surface area contributed by atoms with Crippen LogP contribution in [0, 0.1) is 11.3 Å². The largest absolute Gasteiger partial charge is 0.481 e. The van der Waals surface area contributed by atoms with Gasteiger partial charge >= 0.3 is 0 Å². The summed E-state index contributed by atoms with van der Waals surface area (Å²) in [6.07, 6.45) is -0.717. The third kappa shape index (κ3) is 3.75. The van der Waals surface area contributed by atoms with E-state index in [0.29, 0.717) is 27.9 Å². The summed E-state index contributed by atoms with van der Waals surface area (Å²) in [4.78, 5) is 16.8.